The molecule has 0 spiro atoms. The number of hydrogen-bond donors (Lipinski definition) is 0. The number of amides is 1. The summed E-state index contributed by atoms with van der Waals surface area (Å²) < 4.78 is 65.1. The summed E-state index contributed by atoms with van der Waals surface area (Å²) in [7, 11) is 0. The van der Waals surface area contributed by atoms with Crippen molar-refractivity contribution in [2.75, 3.05) is 18.8 Å². The molecule has 1 amide bonds. The lowest BCUT2D eigenvalue weighted by Crippen LogP contribution is -2.33. The van der Waals surface area contributed by atoms with Crippen LogP contribution in [0.4, 0.5) is 22.0 Å². The van der Waals surface area contributed by atoms with Crippen molar-refractivity contribution in [3.63, 3.8) is 0 Å². The third-order valence-corrected chi connectivity index (χ3v) is 5.54. The van der Waals surface area contributed by atoms with E-state index in [1.165, 1.54) is 16.7 Å². The fraction of sp³-hybridized carbons (Fsp3) is 0.333. The molecule has 0 aliphatic carbocycles. The summed E-state index contributed by atoms with van der Waals surface area (Å²) >= 11 is 1.42. The zero-order valence-corrected chi connectivity index (χ0v) is 14.8. The molecule has 0 unspecified atom stereocenters. The van der Waals surface area contributed by atoms with E-state index in [-0.39, 0.29) is 22.9 Å². The Morgan fingerprint density at radius 2 is 1.93 bits per heavy atom. The Morgan fingerprint density at radius 1 is 1.15 bits per heavy atom. The van der Waals surface area contributed by atoms with Crippen LogP contribution in [-0.2, 0) is 6.18 Å². The number of pyridine rings is 1. The smallest absolute Gasteiger partial charge is 0.338 e. The first kappa shape index (κ1) is 19.6. The first-order valence-corrected chi connectivity index (χ1v) is 9.19. The Hall–Kier alpha value is -2.16. The molecular formula is C18H15F5N2OS. The number of aromatic nitrogens is 1. The van der Waals surface area contributed by atoms with Crippen molar-refractivity contribution in [2.24, 2.45) is 0 Å². The van der Waals surface area contributed by atoms with Gasteiger partial charge < -0.3 is 4.90 Å². The summed E-state index contributed by atoms with van der Waals surface area (Å²) in [6.07, 6.45) is -3.25. The predicted molar refractivity (Wildman–Crippen MR) is 91.3 cm³/mol. The zero-order chi connectivity index (χ0) is 19.6. The van der Waals surface area contributed by atoms with E-state index in [1.807, 2.05) is 0 Å². The standard InChI is InChI=1S/C18H15F5N2OS/c19-12-2-3-14(20)13(9-12)15-5-6-25(7-8-27-15)17(26)11-1-4-16(24-10-11)18(21,22)23/h1-4,9-10,15H,5-8H2/t15-/m1/s1. The van der Waals surface area contributed by atoms with E-state index in [4.69, 9.17) is 0 Å². The number of carbonyl (C=O) groups excluding carboxylic acids is 1. The second-order valence-corrected chi connectivity index (χ2v) is 7.35. The molecule has 27 heavy (non-hydrogen) atoms. The number of benzene rings is 1. The summed E-state index contributed by atoms with van der Waals surface area (Å²) in [6, 6.07) is 5.15. The Bertz CT molecular complexity index is 825. The number of thioether (sulfide) groups is 1. The summed E-state index contributed by atoms with van der Waals surface area (Å²) in [5.74, 6) is -0.960. The molecule has 0 N–H and O–H groups in total. The van der Waals surface area contributed by atoms with Gasteiger partial charge in [-0.05, 0) is 36.8 Å². The Morgan fingerprint density at radius 3 is 2.59 bits per heavy atom. The van der Waals surface area contributed by atoms with Crippen molar-refractivity contribution < 1.29 is 26.7 Å². The topological polar surface area (TPSA) is 33.2 Å². The van der Waals surface area contributed by atoms with E-state index in [0.717, 1.165) is 36.5 Å². The highest BCUT2D eigenvalue weighted by Gasteiger charge is 2.32. The maximum Gasteiger partial charge on any atom is 0.433 e. The van der Waals surface area contributed by atoms with E-state index in [9.17, 15) is 26.7 Å². The molecule has 2 heterocycles. The molecule has 2 aromatic rings. The van der Waals surface area contributed by atoms with Gasteiger partial charge in [0.15, 0.2) is 0 Å². The number of hydrogen-bond acceptors (Lipinski definition) is 3. The molecule has 0 bridgehead atoms. The first-order valence-electron chi connectivity index (χ1n) is 8.15. The van der Waals surface area contributed by atoms with Gasteiger partial charge >= 0.3 is 6.18 Å². The van der Waals surface area contributed by atoms with Gasteiger partial charge in [-0.2, -0.15) is 24.9 Å². The van der Waals surface area contributed by atoms with Crippen LogP contribution in [0.1, 0.15) is 33.3 Å². The molecule has 1 aliphatic heterocycles. The largest absolute Gasteiger partial charge is 0.433 e. The van der Waals surface area contributed by atoms with Gasteiger partial charge in [0.05, 0.1) is 5.56 Å². The number of halogens is 5. The molecule has 1 aromatic heterocycles. The van der Waals surface area contributed by atoms with Crippen molar-refractivity contribution in [3.05, 3.63) is 65.0 Å². The first-order chi connectivity index (χ1) is 12.8. The SMILES string of the molecule is O=C(c1ccc(C(F)(F)F)nc1)N1CCS[C@@H](c2cc(F)ccc2F)CC1. The highest BCUT2D eigenvalue weighted by molar-refractivity contribution is 7.99. The molecule has 9 heteroatoms. The highest BCUT2D eigenvalue weighted by Crippen LogP contribution is 2.36. The molecule has 3 rings (SSSR count). The monoisotopic (exact) mass is 402 g/mol. The lowest BCUT2D eigenvalue weighted by atomic mass is 10.1. The van der Waals surface area contributed by atoms with Gasteiger partial charge in [0.1, 0.15) is 17.3 Å². The third kappa shape index (κ3) is 4.58. The van der Waals surface area contributed by atoms with Crippen LogP contribution in [0.5, 0.6) is 0 Å². The van der Waals surface area contributed by atoms with Gasteiger partial charge in [0.2, 0.25) is 0 Å². The summed E-state index contributed by atoms with van der Waals surface area (Å²) in [5, 5.41) is -0.302. The second kappa shape index (κ2) is 7.84. The molecular weight excluding hydrogens is 387 g/mol. The molecule has 3 nitrogen and oxygen atoms in total. The van der Waals surface area contributed by atoms with Crippen molar-refractivity contribution in [2.45, 2.75) is 17.8 Å². The minimum atomic E-state index is -4.57. The lowest BCUT2D eigenvalue weighted by Gasteiger charge is -2.20. The van der Waals surface area contributed by atoms with Gasteiger partial charge in [-0.3, -0.25) is 9.78 Å². The molecule has 1 atom stereocenters. The van der Waals surface area contributed by atoms with E-state index in [1.54, 1.807) is 0 Å². The van der Waals surface area contributed by atoms with Crippen molar-refractivity contribution >= 4 is 17.7 Å². The van der Waals surface area contributed by atoms with Crippen LogP contribution in [0.15, 0.2) is 36.5 Å². The fourth-order valence-corrected chi connectivity index (χ4v) is 4.10. The van der Waals surface area contributed by atoms with Crippen LogP contribution in [0.2, 0.25) is 0 Å². The van der Waals surface area contributed by atoms with Gasteiger partial charge in [-0.15, -0.1) is 0 Å². The molecule has 1 aliphatic rings. The Kier molecular flexibility index (Phi) is 5.69. The van der Waals surface area contributed by atoms with Crippen LogP contribution in [0, 0.1) is 11.6 Å². The van der Waals surface area contributed by atoms with Crippen LogP contribution < -0.4 is 0 Å². The van der Waals surface area contributed by atoms with Crippen molar-refractivity contribution in [3.8, 4) is 0 Å². The van der Waals surface area contributed by atoms with Gasteiger partial charge in [-0.25, -0.2) is 8.78 Å². The van der Waals surface area contributed by atoms with E-state index in [0.29, 0.717) is 18.7 Å². The van der Waals surface area contributed by atoms with Crippen LogP contribution >= 0.6 is 11.8 Å². The van der Waals surface area contributed by atoms with E-state index in [2.05, 4.69) is 4.98 Å². The minimum absolute atomic E-state index is 0.0587. The van der Waals surface area contributed by atoms with E-state index >= 15 is 0 Å². The summed E-state index contributed by atoms with van der Waals surface area (Å²) in [6.45, 7) is 0.644. The van der Waals surface area contributed by atoms with Gasteiger partial charge in [0, 0.05) is 35.9 Å². The second-order valence-electron chi connectivity index (χ2n) is 6.04. The quantitative estimate of drug-likeness (QED) is 0.683. The molecule has 1 aromatic carbocycles. The summed E-state index contributed by atoms with van der Waals surface area (Å²) in [4.78, 5) is 17.3. The van der Waals surface area contributed by atoms with Gasteiger partial charge in [-0.1, -0.05) is 0 Å². The zero-order valence-electron chi connectivity index (χ0n) is 14.0. The maximum atomic E-state index is 14.0. The van der Waals surface area contributed by atoms with Crippen LogP contribution in [0.3, 0.4) is 0 Å². The highest BCUT2D eigenvalue weighted by atomic mass is 32.2. The number of nitrogens with zero attached hydrogens (tertiary/aromatic N) is 2. The van der Waals surface area contributed by atoms with Crippen molar-refractivity contribution in [1.29, 1.82) is 0 Å². The molecule has 0 radical (unpaired) electrons. The van der Waals surface area contributed by atoms with E-state index < -0.39 is 29.4 Å². The minimum Gasteiger partial charge on any atom is -0.338 e. The average molecular weight is 402 g/mol. The predicted octanol–water partition coefficient (Wildman–Crippen LogP) is 4.70. The Labute approximate surface area is 156 Å². The van der Waals surface area contributed by atoms with Crippen LogP contribution in [-0.4, -0.2) is 34.6 Å². The van der Waals surface area contributed by atoms with Crippen molar-refractivity contribution in [1.82, 2.24) is 9.88 Å². The summed E-state index contributed by atoms with van der Waals surface area (Å²) in [5.41, 5.74) is -0.749. The number of alkyl halides is 3. The fourth-order valence-electron chi connectivity index (χ4n) is 2.85. The lowest BCUT2D eigenvalue weighted by molar-refractivity contribution is -0.141. The van der Waals surface area contributed by atoms with Gasteiger partial charge in [0.25, 0.3) is 5.91 Å². The average Bonchev–Trinajstić information content (AvgIpc) is 2.88. The molecule has 0 saturated carbocycles. The molecule has 1 fully saturated rings. The maximum absolute atomic E-state index is 14.0. The normalized spacial score (nSPS) is 18.3. The molecule has 1 saturated heterocycles. The number of carbonyl (C=O) groups is 1. The van der Waals surface area contributed by atoms with Crippen LogP contribution in [0.25, 0.3) is 0 Å². The Balaban J connectivity index is 1.70. The molecule has 144 valence electrons. The number of rotatable bonds is 2. The third-order valence-electron chi connectivity index (χ3n) is 4.23.